The zero-order valence-electron chi connectivity index (χ0n) is 13.5. The zero-order chi connectivity index (χ0) is 16.5. The van der Waals surface area contributed by atoms with Gasteiger partial charge in [0, 0.05) is 6.61 Å². The van der Waals surface area contributed by atoms with Gasteiger partial charge in [-0.1, -0.05) is 30.7 Å². The van der Waals surface area contributed by atoms with Gasteiger partial charge in [-0.2, -0.15) is 0 Å². The predicted molar refractivity (Wildman–Crippen MR) is 91.3 cm³/mol. The molecule has 0 aliphatic carbocycles. The predicted octanol–water partition coefficient (Wildman–Crippen LogP) is 3.08. The monoisotopic (exact) mass is 338 g/mol. The summed E-state index contributed by atoms with van der Waals surface area (Å²) < 4.78 is 16.9. The van der Waals surface area contributed by atoms with Crippen LogP contribution in [0.25, 0.3) is 10.2 Å². The summed E-state index contributed by atoms with van der Waals surface area (Å²) in [4.78, 5) is 16.2. The highest BCUT2D eigenvalue weighted by Crippen LogP contribution is 2.31. The van der Waals surface area contributed by atoms with Gasteiger partial charge in [0.1, 0.15) is 17.9 Å². The van der Waals surface area contributed by atoms with Crippen LogP contribution in [0, 0.1) is 0 Å². The molecule has 0 saturated heterocycles. The van der Waals surface area contributed by atoms with Gasteiger partial charge >= 0.3 is 0 Å². The van der Waals surface area contributed by atoms with E-state index >= 15 is 0 Å². The molecule has 6 nitrogen and oxygen atoms in total. The third-order valence-corrected chi connectivity index (χ3v) is 4.03. The number of fused-ring (bicyclic) bond motifs is 1. The molecule has 1 aromatic carbocycles. The zero-order valence-corrected chi connectivity index (χ0v) is 14.3. The summed E-state index contributed by atoms with van der Waals surface area (Å²) in [6.45, 7) is 3.75. The molecule has 0 fully saturated rings. The lowest BCUT2D eigenvalue weighted by Crippen LogP contribution is -2.19. The quantitative estimate of drug-likeness (QED) is 0.674. The van der Waals surface area contributed by atoms with E-state index in [4.69, 9.17) is 14.2 Å². The van der Waals surface area contributed by atoms with Crippen molar-refractivity contribution in [2.24, 2.45) is 0 Å². The fourth-order valence-electron chi connectivity index (χ4n) is 1.93. The smallest absolute Gasteiger partial charge is 0.252 e. The van der Waals surface area contributed by atoms with Crippen molar-refractivity contribution in [1.29, 1.82) is 0 Å². The summed E-state index contributed by atoms with van der Waals surface area (Å²) >= 11 is 1.40. The molecule has 0 bridgehead atoms. The Morgan fingerprint density at radius 1 is 1.26 bits per heavy atom. The lowest BCUT2D eigenvalue weighted by atomic mass is 10.3. The van der Waals surface area contributed by atoms with E-state index < -0.39 is 0 Å². The number of carbonyl (C=O) groups excluding carboxylic acids is 1. The molecular weight excluding hydrogens is 316 g/mol. The van der Waals surface area contributed by atoms with Crippen molar-refractivity contribution in [1.82, 2.24) is 4.98 Å². The number of benzene rings is 1. The van der Waals surface area contributed by atoms with Crippen LogP contribution < -0.4 is 10.1 Å². The Bertz CT molecular complexity index is 630. The first-order chi connectivity index (χ1) is 11.2. The van der Waals surface area contributed by atoms with Gasteiger partial charge in [0.05, 0.1) is 25.0 Å². The molecule has 7 heteroatoms. The Morgan fingerprint density at radius 3 is 2.87 bits per heavy atom. The van der Waals surface area contributed by atoms with Crippen molar-refractivity contribution in [2.75, 3.05) is 38.9 Å². The molecule has 1 N–H and O–H groups in total. The lowest BCUT2D eigenvalue weighted by molar-refractivity contribution is -0.121. The molecule has 0 spiro atoms. The van der Waals surface area contributed by atoms with Crippen molar-refractivity contribution >= 4 is 32.6 Å². The van der Waals surface area contributed by atoms with E-state index in [1.807, 2.05) is 18.2 Å². The number of methoxy groups -OCH3 is 1. The van der Waals surface area contributed by atoms with E-state index in [9.17, 15) is 4.79 Å². The highest BCUT2D eigenvalue weighted by Gasteiger charge is 2.10. The molecule has 23 heavy (non-hydrogen) atoms. The van der Waals surface area contributed by atoms with E-state index in [2.05, 4.69) is 17.2 Å². The number of anilines is 1. The number of nitrogens with zero attached hydrogens (tertiary/aromatic N) is 1. The third-order valence-electron chi connectivity index (χ3n) is 3.10. The maximum atomic E-state index is 11.8. The number of hydrogen-bond acceptors (Lipinski definition) is 6. The molecule has 0 radical (unpaired) electrons. The minimum Gasteiger partial charge on any atom is -0.494 e. The molecule has 0 aliphatic heterocycles. The van der Waals surface area contributed by atoms with Crippen molar-refractivity contribution in [3.05, 3.63) is 18.2 Å². The number of ether oxygens (including phenoxy) is 3. The van der Waals surface area contributed by atoms with Gasteiger partial charge in [-0.15, -0.1) is 0 Å². The second-order valence-electron chi connectivity index (χ2n) is 4.89. The number of aromatic nitrogens is 1. The van der Waals surface area contributed by atoms with E-state index in [-0.39, 0.29) is 12.5 Å². The molecule has 126 valence electrons. The van der Waals surface area contributed by atoms with Crippen molar-refractivity contribution in [3.8, 4) is 5.75 Å². The first-order valence-corrected chi connectivity index (χ1v) is 8.45. The molecule has 2 aromatic rings. The molecule has 1 heterocycles. The number of hydrogen-bond donors (Lipinski definition) is 1. The van der Waals surface area contributed by atoms with E-state index in [1.54, 1.807) is 7.11 Å². The summed E-state index contributed by atoms with van der Waals surface area (Å²) in [6, 6.07) is 5.68. The Hall–Kier alpha value is -1.70. The number of amides is 1. The maximum Gasteiger partial charge on any atom is 0.252 e. The number of carbonyl (C=O) groups is 1. The van der Waals surface area contributed by atoms with Gasteiger partial charge in [0.25, 0.3) is 5.91 Å². The van der Waals surface area contributed by atoms with Crippen molar-refractivity contribution in [3.63, 3.8) is 0 Å². The van der Waals surface area contributed by atoms with Crippen LogP contribution in [-0.4, -0.2) is 44.4 Å². The molecular formula is C16H22N2O4S. The first-order valence-electron chi connectivity index (χ1n) is 7.63. The molecule has 0 atom stereocenters. The Labute approximate surface area is 139 Å². The molecule has 0 aliphatic rings. The summed E-state index contributed by atoms with van der Waals surface area (Å²) in [5.41, 5.74) is 0.751. The minimum absolute atomic E-state index is 0.00972. The SMILES string of the molecule is CCCCOCCOCC(=O)Nc1nc2c(OC)cccc2s1. The number of thiazole rings is 1. The number of nitrogens with one attached hydrogen (secondary N) is 1. The Morgan fingerprint density at radius 2 is 2.09 bits per heavy atom. The molecule has 2 rings (SSSR count). The van der Waals surface area contributed by atoms with Gasteiger partial charge in [-0.05, 0) is 18.6 Å². The Kier molecular flexibility index (Phi) is 7.25. The number of rotatable bonds is 10. The Balaban J connectivity index is 1.75. The average molecular weight is 338 g/mol. The van der Waals surface area contributed by atoms with Crippen LogP contribution in [0.4, 0.5) is 5.13 Å². The van der Waals surface area contributed by atoms with Crippen molar-refractivity contribution in [2.45, 2.75) is 19.8 Å². The topological polar surface area (TPSA) is 69.7 Å². The summed E-state index contributed by atoms with van der Waals surface area (Å²) in [5.74, 6) is 0.469. The molecule has 0 unspecified atom stereocenters. The van der Waals surface area contributed by atoms with Crippen LogP contribution in [0.1, 0.15) is 19.8 Å². The standard InChI is InChI=1S/C16H22N2O4S/c1-3-4-8-21-9-10-22-11-14(19)17-16-18-15-12(20-2)6-5-7-13(15)23-16/h5-7H,3-4,8-11H2,1-2H3,(H,17,18,19). The van der Waals surface area contributed by atoms with Crippen LogP contribution >= 0.6 is 11.3 Å². The van der Waals surface area contributed by atoms with Crippen LogP contribution in [0.3, 0.4) is 0 Å². The summed E-state index contributed by atoms with van der Waals surface area (Å²) in [5, 5.41) is 3.28. The molecule has 0 saturated carbocycles. The highest BCUT2D eigenvalue weighted by atomic mass is 32.1. The minimum atomic E-state index is -0.225. The fraction of sp³-hybridized carbons (Fsp3) is 0.500. The average Bonchev–Trinajstić information content (AvgIpc) is 2.96. The lowest BCUT2D eigenvalue weighted by Gasteiger charge is -2.05. The molecule has 1 amide bonds. The fourth-order valence-corrected chi connectivity index (χ4v) is 2.83. The van der Waals surface area contributed by atoms with Crippen LogP contribution in [0.15, 0.2) is 18.2 Å². The second kappa shape index (κ2) is 9.44. The third kappa shape index (κ3) is 5.46. The maximum absolute atomic E-state index is 11.8. The van der Waals surface area contributed by atoms with E-state index in [0.717, 1.165) is 29.7 Å². The second-order valence-corrected chi connectivity index (χ2v) is 5.92. The van der Waals surface area contributed by atoms with E-state index in [1.165, 1.54) is 11.3 Å². The summed E-state index contributed by atoms with van der Waals surface area (Å²) in [7, 11) is 1.60. The largest absolute Gasteiger partial charge is 0.494 e. The first kappa shape index (κ1) is 17.7. The van der Waals surface area contributed by atoms with Gasteiger partial charge in [0.15, 0.2) is 5.13 Å². The number of para-hydroxylation sites is 1. The van der Waals surface area contributed by atoms with E-state index in [0.29, 0.717) is 24.1 Å². The van der Waals surface area contributed by atoms with Gasteiger partial charge < -0.3 is 14.2 Å². The van der Waals surface area contributed by atoms with Crippen LogP contribution in [0.5, 0.6) is 5.75 Å². The van der Waals surface area contributed by atoms with Gasteiger partial charge in [0.2, 0.25) is 0 Å². The van der Waals surface area contributed by atoms with Gasteiger partial charge in [-0.3, -0.25) is 10.1 Å². The van der Waals surface area contributed by atoms with Crippen LogP contribution in [0.2, 0.25) is 0 Å². The highest BCUT2D eigenvalue weighted by molar-refractivity contribution is 7.22. The van der Waals surface area contributed by atoms with Crippen LogP contribution in [-0.2, 0) is 14.3 Å². The van der Waals surface area contributed by atoms with Crippen molar-refractivity contribution < 1.29 is 19.0 Å². The van der Waals surface area contributed by atoms with Gasteiger partial charge in [-0.25, -0.2) is 4.98 Å². The molecule has 1 aromatic heterocycles. The number of unbranched alkanes of at least 4 members (excludes halogenated alkanes) is 1. The normalized spacial score (nSPS) is 10.9. The summed E-state index contributed by atoms with van der Waals surface area (Å²) in [6.07, 6.45) is 2.15.